The minimum atomic E-state index is -4.50. The van der Waals surface area contributed by atoms with Crippen molar-refractivity contribution < 1.29 is 89.4 Å². The van der Waals surface area contributed by atoms with Gasteiger partial charge in [-0.2, -0.15) is 0 Å². The number of alkyl halides is 2. The zero-order valence-electron chi connectivity index (χ0n) is 49.9. The van der Waals surface area contributed by atoms with E-state index in [4.69, 9.17) is 54.8 Å². The number of alkyl carbamates (subject to hydrolysis) is 1. The van der Waals surface area contributed by atoms with Gasteiger partial charge in [0.25, 0.3) is 0 Å². The van der Waals surface area contributed by atoms with E-state index < -0.39 is 136 Å². The van der Waals surface area contributed by atoms with Crippen molar-refractivity contribution in [3.63, 3.8) is 0 Å². The van der Waals surface area contributed by atoms with Gasteiger partial charge in [-0.05, 0) is 79.7 Å². The number of hydrogen-bond donors (Lipinski definition) is 9. The second kappa shape index (κ2) is 30.8. The number of fused-ring (bicyclic) bond motifs is 6. The van der Waals surface area contributed by atoms with Crippen LogP contribution in [0.1, 0.15) is 65.5 Å². The lowest BCUT2D eigenvalue weighted by molar-refractivity contribution is -0.128. The number of amides is 7. The van der Waals surface area contributed by atoms with Gasteiger partial charge in [-0.3, -0.25) is 23.6 Å². The highest BCUT2D eigenvalue weighted by Crippen LogP contribution is 2.51. The first-order valence-electron chi connectivity index (χ1n) is 28.3. The smallest absolute Gasteiger partial charge is 0.447 e. The first-order chi connectivity index (χ1) is 43.2. The first kappa shape index (κ1) is 69.5. The molecule has 7 heterocycles. The molecular weight excluding hydrogens is 1280 g/mol. The third kappa shape index (κ3) is 18.0. The normalized spacial score (nSPS) is 24.0. The van der Waals surface area contributed by atoms with Crippen molar-refractivity contribution in [1.82, 2.24) is 54.9 Å². The zero-order valence-corrected chi connectivity index (χ0v) is 53.4. The SMILES string of the molecule is CC(C)[C@H](NC(=O)OC(C)(C)C)C(=O)N[C@@H](CCCNC(N)=O)C(=O)Nc1ccc(COC(=O)N(C)CCOC(=O)N2C/C=C/CNc3ncnc4c3ccn4[C@@H]3O[C@H](COP(O)(=S)O[C@H]4[C@@H](F)[C@@H](O[C@@H]4CO)n4cnc5c2ncnc54)[C@@H](O[P+](=O)S)[C@H]3F)cc1. The maximum absolute atomic E-state index is 16.7. The van der Waals surface area contributed by atoms with E-state index in [9.17, 15) is 43.3 Å². The van der Waals surface area contributed by atoms with E-state index in [2.05, 4.69) is 63.8 Å². The van der Waals surface area contributed by atoms with Crippen molar-refractivity contribution in [2.45, 2.75) is 121 Å². The lowest BCUT2D eigenvalue weighted by Gasteiger charge is -2.27. The molecule has 0 spiro atoms. The summed E-state index contributed by atoms with van der Waals surface area (Å²) < 4.78 is 92.7. The molecule has 38 heteroatoms. The van der Waals surface area contributed by atoms with Crippen LogP contribution < -0.4 is 37.2 Å². The maximum Gasteiger partial charge on any atom is 0.582 e. The third-order valence-corrected chi connectivity index (χ3v) is 16.3. The van der Waals surface area contributed by atoms with Crippen LogP contribution in [0.2, 0.25) is 0 Å². The minimum absolute atomic E-state index is 0.0352. The van der Waals surface area contributed by atoms with Gasteiger partial charge in [-0.15, -0.1) is 4.52 Å². The first-order valence-corrected chi connectivity index (χ1v) is 33.3. The van der Waals surface area contributed by atoms with Crippen LogP contribution >= 0.6 is 26.2 Å². The van der Waals surface area contributed by atoms with E-state index in [-0.39, 0.29) is 74.9 Å². The molecule has 1 aromatic carbocycles. The number of carbonyl (C=O) groups excluding carboxylic acids is 6. The van der Waals surface area contributed by atoms with Crippen LogP contribution in [0.3, 0.4) is 0 Å². The summed E-state index contributed by atoms with van der Waals surface area (Å²) in [5, 5.41) is 24.4. The van der Waals surface area contributed by atoms with Crippen molar-refractivity contribution in [3.8, 4) is 0 Å². The molecule has 8 rings (SSSR count). The van der Waals surface area contributed by atoms with Crippen molar-refractivity contribution in [3.05, 3.63) is 73.2 Å². The number of urea groups is 1. The van der Waals surface area contributed by atoms with Gasteiger partial charge in [0.2, 0.25) is 11.8 Å². The second-order valence-corrected chi connectivity index (χ2v) is 26.6. The molecule has 0 aliphatic carbocycles. The summed E-state index contributed by atoms with van der Waals surface area (Å²) in [6, 6.07) is 4.94. The predicted molar refractivity (Wildman–Crippen MR) is 327 cm³/mol. The quantitative estimate of drug-likeness (QED) is 0.0184. The molecule has 9 N–H and O–H groups in total. The standard InChI is InChI=1S/C53H69F2N15O17P2S2/c1-28(2)37(66-50(75)85-53(3,4)5)46(73)65-32(10-9-17-58-49(56)74)45(72)64-30-13-11-29(12-14-30)23-81-51(76)67(6)20-21-80-52(77)69-18-8-7-16-57-41-31-15-19-68(42(31)60-25-59-41)47-35(54)39(86-88(78)90)34(84-47)24-82-89(79,91)87-40-33(22-71)83-48(36(40)55)70-27-63-38-43(69)61-26-62-44(38)70/h7-8,11-15,19,25-28,32-37,39-40,47-48,71H,9-10,16-18,20-24H2,1-6H3,(H8-,56,57,58,59,60,64,65,66,72,73,74,75,78,79,90,91)/p+1/b8-7+/t32-,33+,34+,35+,36+,37-,39+,40+,47+,48+,89?/m0/s1. The van der Waals surface area contributed by atoms with Crippen molar-refractivity contribution in [2.24, 2.45) is 11.7 Å². The van der Waals surface area contributed by atoms with Gasteiger partial charge in [0, 0.05) is 38.6 Å². The van der Waals surface area contributed by atoms with Crippen LogP contribution in [0.5, 0.6) is 0 Å². The number of rotatable bonds is 18. The number of aliphatic hydroxyl groups is 1. The molecule has 2 unspecified atom stereocenters. The van der Waals surface area contributed by atoms with Gasteiger partial charge in [0.1, 0.15) is 85.6 Å². The van der Waals surface area contributed by atoms with E-state index >= 15 is 8.78 Å². The highest BCUT2D eigenvalue weighted by atomic mass is 32.7. The fraction of sp³-hybridized carbons (Fsp3) is 0.528. The lowest BCUT2D eigenvalue weighted by Crippen LogP contribution is -2.55. The number of aliphatic hydroxyl groups excluding tert-OH is 1. The Balaban J connectivity index is 0.928. The van der Waals surface area contributed by atoms with Crippen LogP contribution in [0.4, 0.5) is 45.3 Å². The van der Waals surface area contributed by atoms with Crippen LogP contribution in [0.25, 0.3) is 22.2 Å². The Hall–Kier alpha value is -7.37. The molecule has 32 nitrogen and oxygen atoms in total. The molecular formula is C53H70F2N15O17P2S2+. The number of imidazole rings is 1. The number of thiol groups is 1. The monoisotopic (exact) mass is 1350 g/mol. The Morgan fingerprint density at radius 2 is 1.69 bits per heavy atom. The van der Waals surface area contributed by atoms with Crippen molar-refractivity contribution in [2.75, 3.05) is 68.6 Å². The number of nitrogens with zero attached hydrogens (tertiary/aromatic N) is 9. The number of carbonyl (C=O) groups is 6. The van der Waals surface area contributed by atoms with E-state index in [1.807, 2.05) is 0 Å². The van der Waals surface area contributed by atoms with Crippen LogP contribution in [0, 0.1) is 5.92 Å². The molecule has 0 radical (unpaired) electrons. The largest absolute Gasteiger partial charge is 0.582 e. The Kier molecular flexibility index (Phi) is 23.6. The molecule has 12 atom stereocenters. The van der Waals surface area contributed by atoms with E-state index in [1.165, 1.54) is 24.1 Å². The number of nitrogens with one attached hydrogen (secondary N) is 5. The fourth-order valence-corrected chi connectivity index (χ4v) is 11.9. The number of halogens is 2. The predicted octanol–water partition coefficient (Wildman–Crippen LogP) is 4.94. The molecule has 91 heavy (non-hydrogen) atoms. The van der Waals surface area contributed by atoms with Crippen molar-refractivity contribution >= 4 is 114 Å². The Morgan fingerprint density at radius 1 is 0.967 bits per heavy atom. The number of hydrogen-bond acceptors (Lipinski definition) is 23. The van der Waals surface area contributed by atoms with Crippen LogP contribution in [-0.4, -0.2) is 193 Å². The molecule has 5 aromatic rings. The Bertz CT molecular complexity index is 3520. The fourth-order valence-electron chi connectivity index (χ4n) is 9.66. The molecule has 494 valence electrons. The number of anilines is 3. The van der Waals surface area contributed by atoms with E-state index in [0.717, 1.165) is 27.0 Å². The molecule has 2 fully saturated rings. The second-order valence-electron chi connectivity index (χ2n) is 22.1. The number of benzene rings is 1. The number of aromatic nitrogens is 7. The summed E-state index contributed by atoms with van der Waals surface area (Å²) >= 11 is 9.06. The number of likely N-dealkylation sites (N-methyl/N-ethyl adjacent to an activating group) is 1. The van der Waals surface area contributed by atoms with Crippen LogP contribution in [0.15, 0.2) is 67.7 Å². The summed E-state index contributed by atoms with van der Waals surface area (Å²) in [6.07, 6.45) is -7.53. The number of nitrogens with two attached hydrogens (primary N) is 1. The minimum Gasteiger partial charge on any atom is -0.447 e. The van der Waals surface area contributed by atoms with Crippen molar-refractivity contribution in [1.29, 1.82) is 0 Å². The summed E-state index contributed by atoms with van der Waals surface area (Å²) in [7, 11) is -1.29. The summed E-state index contributed by atoms with van der Waals surface area (Å²) in [6.45, 7) is 1.67. The highest BCUT2D eigenvalue weighted by molar-refractivity contribution is 8.39. The molecule has 2 saturated heterocycles. The van der Waals surface area contributed by atoms with Gasteiger partial charge in [0.05, 0.1) is 31.5 Å². The molecule has 12 bridgehead atoms. The average Bonchev–Trinajstić information content (AvgIpc) is 1.63. The topological polar surface area (TPSA) is 401 Å². The molecule has 7 amide bonds. The molecule has 4 aromatic heterocycles. The maximum atomic E-state index is 16.7. The van der Waals surface area contributed by atoms with Gasteiger partial charge < -0.3 is 80.0 Å². The number of ether oxygens (including phenoxy) is 5. The number of primary amides is 1. The Morgan fingerprint density at radius 3 is 2.40 bits per heavy atom. The summed E-state index contributed by atoms with van der Waals surface area (Å²) in [5.74, 6) is -1.43. The molecule has 3 aliphatic heterocycles. The van der Waals surface area contributed by atoms with Gasteiger partial charge in [-0.25, -0.2) is 52.9 Å². The third-order valence-electron chi connectivity index (χ3n) is 14.1. The van der Waals surface area contributed by atoms with Gasteiger partial charge in [-0.1, -0.05) is 38.1 Å². The van der Waals surface area contributed by atoms with Gasteiger partial charge >= 0.3 is 38.3 Å². The average molecular weight is 1350 g/mol. The molecule has 0 saturated carbocycles. The van der Waals surface area contributed by atoms with Gasteiger partial charge in [0.15, 0.2) is 47.9 Å². The summed E-state index contributed by atoms with van der Waals surface area (Å²) in [5.41, 5.74) is 5.33. The molecule has 3 aliphatic rings. The Labute approximate surface area is 530 Å². The van der Waals surface area contributed by atoms with Crippen LogP contribution in [-0.2, 0) is 69.8 Å². The van der Waals surface area contributed by atoms with E-state index in [1.54, 1.807) is 77.1 Å². The zero-order chi connectivity index (χ0) is 65.9. The highest BCUT2D eigenvalue weighted by Gasteiger charge is 2.53. The van der Waals surface area contributed by atoms with E-state index in [0.29, 0.717) is 22.5 Å². The summed E-state index contributed by atoms with van der Waals surface area (Å²) in [4.78, 5) is 114. The lowest BCUT2D eigenvalue weighted by atomic mass is 10.0.